The number of fused-ring (bicyclic) bond motifs is 1. The topological polar surface area (TPSA) is 77.7 Å². The third-order valence-corrected chi connectivity index (χ3v) is 5.37. The first-order valence-electron chi connectivity index (χ1n) is 8.46. The highest BCUT2D eigenvalue weighted by atomic mass is 32.1. The number of hydrogen-bond donors (Lipinski definition) is 0. The lowest BCUT2D eigenvalue weighted by molar-refractivity contribution is 0.0910. The van der Waals surface area contributed by atoms with Crippen molar-refractivity contribution >= 4 is 32.6 Å². The molecule has 0 N–H and O–H groups in total. The number of para-hydroxylation sites is 1. The molecule has 136 valence electrons. The van der Waals surface area contributed by atoms with E-state index in [2.05, 4.69) is 10.1 Å². The minimum atomic E-state index is -0.240. The van der Waals surface area contributed by atoms with Crippen molar-refractivity contribution in [3.05, 3.63) is 35.7 Å². The molecule has 2 aromatic heterocycles. The van der Waals surface area contributed by atoms with Gasteiger partial charge < -0.3 is 14.0 Å². The summed E-state index contributed by atoms with van der Waals surface area (Å²) in [6.45, 7) is 2.92. The van der Waals surface area contributed by atoms with Gasteiger partial charge in [-0.1, -0.05) is 22.6 Å². The molecule has 1 atom stereocenters. The summed E-state index contributed by atoms with van der Waals surface area (Å²) in [5.41, 5.74) is 1.02. The fourth-order valence-electron chi connectivity index (χ4n) is 3.04. The lowest BCUT2D eigenvalue weighted by Crippen LogP contribution is -2.37. The first-order chi connectivity index (χ1) is 12.7. The van der Waals surface area contributed by atoms with Gasteiger partial charge >= 0.3 is 0 Å². The van der Waals surface area contributed by atoms with Gasteiger partial charge in [0.05, 0.1) is 24.5 Å². The summed E-state index contributed by atoms with van der Waals surface area (Å²) < 4.78 is 17.2. The van der Waals surface area contributed by atoms with Crippen molar-refractivity contribution in [2.24, 2.45) is 0 Å². The maximum absolute atomic E-state index is 13.1. The molecule has 0 spiro atoms. The fraction of sp³-hybridized carbons (Fsp3) is 0.389. The molecule has 1 amide bonds. The van der Waals surface area contributed by atoms with Crippen LogP contribution >= 0.6 is 11.3 Å². The maximum atomic E-state index is 13.1. The Morgan fingerprint density at radius 2 is 2.35 bits per heavy atom. The molecular formula is C18H19N3O4S. The van der Waals surface area contributed by atoms with Crippen molar-refractivity contribution in [2.45, 2.75) is 25.9 Å². The molecule has 1 fully saturated rings. The lowest BCUT2D eigenvalue weighted by atomic mass is 10.2. The first kappa shape index (κ1) is 17.0. The summed E-state index contributed by atoms with van der Waals surface area (Å²) in [7, 11) is 1.61. The zero-order valence-corrected chi connectivity index (χ0v) is 15.4. The number of hydrogen-bond acceptors (Lipinski definition) is 7. The van der Waals surface area contributed by atoms with Crippen LogP contribution in [0.5, 0.6) is 5.75 Å². The molecule has 0 aliphatic carbocycles. The van der Waals surface area contributed by atoms with E-state index in [9.17, 15) is 4.79 Å². The van der Waals surface area contributed by atoms with Crippen LogP contribution in [0.4, 0.5) is 5.13 Å². The third kappa shape index (κ3) is 3.17. The molecule has 1 aromatic carbocycles. The summed E-state index contributed by atoms with van der Waals surface area (Å²) in [5, 5.41) is 4.47. The van der Waals surface area contributed by atoms with Crippen molar-refractivity contribution in [2.75, 3.05) is 25.2 Å². The zero-order valence-electron chi connectivity index (χ0n) is 14.6. The molecular weight excluding hydrogens is 354 g/mol. The standard InChI is InChI=1S/C18H19N3O4S/c1-11-9-13(20-25-11)17(22)21(10-12-5-4-8-24-12)18-19-16-14(23-2)6-3-7-15(16)26-18/h3,6-7,9,12H,4-5,8,10H2,1-2H3/t12-/m1/s1. The van der Waals surface area contributed by atoms with Crippen LogP contribution in [-0.2, 0) is 4.74 Å². The van der Waals surface area contributed by atoms with E-state index in [1.165, 1.54) is 11.3 Å². The second-order valence-electron chi connectivity index (χ2n) is 6.18. The van der Waals surface area contributed by atoms with E-state index in [0.717, 1.165) is 29.7 Å². The van der Waals surface area contributed by atoms with Gasteiger partial charge in [0.15, 0.2) is 10.8 Å². The summed E-state index contributed by atoms with van der Waals surface area (Å²) in [5.74, 6) is 1.04. The number of aryl methyl sites for hydroxylation is 1. The number of carbonyl (C=O) groups excluding carboxylic acids is 1. The molecule has 1 saturated heterocycles. The largest absolute Gasteiger partial charge is 0.494 e. The smallest absolute Gasteiger partial charge is 0.282 e. The fourth-order valence-corrected chi connectivity index (χ4v) is 4.03. The molecule has 8 heteroatoms. The van der Waals surface area contributed by atoms with Crippen molar-refractivity contribution in [1.29, 1.82) is 0 Å². The molecule has 3 heterocycles. The minimum Gasteiger partial charge on any atom is -0.494 e. The molecule has 0 saturated carbocycles. The van der Waals surface area contributed by atoms with E-state index >= 15 is 0 Å². The van der Waals surface area contributed by atoms with Crippen LogP contribution in [-0.4, -0.2) is 42.4 Å². The predicted molar refractivity (Wildman–Crippen MR) is 98.1 cm³/mol. The summed E-state index contributed by atoms with van der Waals surface area (Å²) in [6, 6.07) is 7.38. The Bertz CT molecular complexity index is 930. The van der Waals surface area contributed by atoms with Gasteiger partial charge in [0, 0.05) is 12.7 Å². The van der Waals surface area contributed by atoms with Crippen molar-refractivity contribution in [3.8, 4) is 5.75 Å². The highest BCUT2D eigenvalue weighted by Gasteiger charge is 2.29. The van der Waals surface area contributed by atoms with Crippen LogP contribution in [0.25, 0.3) is 10.2 Å². The second-order valence-corrected chi connectivity index (χ2v) is 7.19. The van der Waals surface area contributed by atoms with Gasteiger partial charge in [-0.25, -0.2) is 4.98 Å². The number of methoxy groups -OCH3 is 1. The van der Waals surface area contributed by atoms with Gasteiger partial charge in [0.2, 0.25) is 0 Å². The molecule has 1 aliphatic rings. The quantitative estimate of drug-likeness (QED) is 0.682. The van der Waals surface area contributed by atoms with Crippen LogP contribution in [0.1, 0.15) is 29.1 Å². The average Bonchev–Trinajstić information content (AvgIpc) is 3.38. The number of nitrogens with zero attached hydrogens (tertiary/aromatic N) is 3. The Morgan fingerprint density at radius 1 is 1.46 bits per heavy atom. The first-order valence-corrected chi connectivity index (χ1v) is 9.27. The van der Waals surface area contributed by atoms with Crippen molar-refractivity contribution < 1.29 is 18.8 Å². The Balaban J connectivity index is 1.73. The lowest BCUT2D eigenvalue weighted by Gasteiger charge is -2.21. The normalized spacial score (nSPS) is 16.9. The van der Waals surface area contributed by atoms with Crippen molar-refractivity contribution in [3.63, 3.8) is 0 Å². The molecule has 0 unspecified atom stereocenters. The van der Waals surface area contributed by atoms with Crippen LogP contribution in [0.3, 0.4) is 0 Å². The van der Waals surface area contributed by atoms with E-state index < -0.39 is 0 Å². The average molecular weight is 373 g/mol. The summed E-state index contributed by atoms with van der Waals surface area (Å²) in [4.78, 5) is 19.4. The van der Waals surface area contributed by atoms with Crippen LogP contribution < -0.4 is 9.64 Å². The van der Waals surface area contributed by atoms with Gasteiger partial charge in [-0.05, 0) is 31.9 Å². The zero-order chi connectivity index (χ0) is 18.1. The number of amides is 1. The Kier molecular flexibility index (Phi) is 4.60. The molecule has 0 bridgehead atoms. The van der Waals surface area contributed by atoms with Crippen LogP contribution in [0, 0.1) is 6.92 Å². The van der Waals surface area contributed by atoms with E-state index in [4.69, 9.17) is 14.0 Å². The van der Waals surface area contributed by atoms with Crippen molar-refractivity contribution in [1.82, 2.24) is 10.1 Å². The predicted octanol–water partition coefficient (Wildman–Crippen LogP) is 3.43. The monoisotopic (exact) mass is 373 g/mol. The Labute approximate surface area is 154 Å². The van der Waals surface area contributed by atoms with E-state index in [1.54, 1.807) is 25.0 Å². The summed E-state index contributed by atoms with van der Waals surface area (Å²) >= 11 is 1.45. The summed E-state index contributed by atoms with van der Waals surface area (Å²) in [6.07, 6.45) is 1.93. The number of rotatable bonds is 5. The number of aromatic nitrogens is 2. The van der Waals surface area contributed by atoms with Gasteiger partial charge in [-0.3, -0.25) is 9.69 Å². The third-order valence-electron chi connectivity index (χ3n) is 4.32. The molecule has 7 nitrogen and oxygen atoms in total. The number of benzene rings is 1. The highest BCUT2D eigenvalue weighted by molar-refractivity contribution is 7.22. The SMILES string of the molecule is COc1cccc2sc(N(C[C@H]3CCCO3)C(=O)c3cc(C)on3)nc12. The molecule has 26 heavy (non-hydrogen) atoms. The van der Waals surface area contributed by atoms with Gasteiger partial charge in [0.25, 0.3) is 5.91 Å². The molecule has 4 rings (SSSR count). The Hall–Kier alpha value is -2.45. The van der Waals surface area contributed by atoms with Gasteiger partial charge in [-0.2, -0.15) is 0 Å². The number of carbonyl (C=O) groups is 1. The van der Waals surface area contributed by atoms with Crippen LogP contribution in [0.2, 0.25) is 0 Å². The van der Waals surface area contributed by atoms with Gasteiger partial charge in [-0.15, -0.1) is 0 Å². The Morgan fingerprint density at radius 3 is 3.04 bits per heavy atom. The number of thiazole rings is 1. The van der Waals surface area contributed by atoms with Crippen LogP contribution in [0.15, 0.2) is 28.8 Å². The minimum absolute atomic E-state index is 0.000792. The van der Waals surface area contributed by atoms with E-state index in [0.29, 0.717) is 23.2 Å². The highest BCUT2D eigenvalue weighted by Crippen LogP contribution is 2.35. The number of anilines is 1. The van der Waals surface area contributed by atoms with E-state index in [-0.39, 0.29) is 17.7 Å². The maximum Gasteiger partial charge on any atom is 0.282 e. The number of ether oxygens (including phenoxy) is 2. The van der Waals surface area contributed by atoms with E-state index in [1.807, 2.05) is 18.2 Å². The molecule has 0 radical (unpaired) electrons. The van der Waals surface area contributed by atoms with Gasteiger partial charge in [0.1, 0.15) is 17.0 Å². The second kappa shape index (κ2) is 7.05. The molecule has 3 aromatic rings. The molecule has 1 aliphatic heterocycles.